The lowest BCUT2D eigenvalue weighted by Crippen LogP contribution is -2.25. The standard InChI is InChI=1S/C20H23FN2O2/c1-2-25-16-7-3-14(4-8-16)5-10-19(24)23-18-9-6-15-13-22-12-11-17(15)20(18)21/h3-4,6-9,22H,2,5,10-13H2,1H3,(H,23,24). The number of fused-ring (bicyclic) bond motifs is 1. The highest BCUT2D eigenvalue weighted by Crippen LogP contribution is 2.24. The fourth-order valence-corrected chi connectivity index (χ4v) is 3.02. The number of amides is 1. The number of carbonyl (C=O) groups is 1. The van der Waals surface area contributed by atoms with Gasteiger partial charge in [-0.05, 0) is 61.2 Å². The molecule has 1 aliphatic rings. The number of hydrogen-bond donors (Lipinski definition) is 2. The van der Waals surface area contributed by atoms with Crippen molar-refractivity contribution in [3.63, 3.8) is 0 Å². The van der Waals surface area contributed by atoms with Gasteiger partial charge < -0.3 is 15.4 Å². The SMILES string of the molecule is CCOc1ccc(CCC(=O)Nc2ccc3c(c2F)CCNC3)cc1. The minimum atomic E-state index is -0.298. The first-order chi connectivity index (χ1) is 12.2. The van der Waals surface area contributed by atoms with E-state index >= 15 is 0 Å². The lowest BCUT2D eigenvalue weighted by molar-refractivity contribution is -0.116. The van der Waals surface area contributed by atoms with Gasteiger partial charge in [-0.25, -0.2) is 4.39 Å². The normalized spacial score (nSPS) is 13.2. The van der Waals surface area contributed by atoms with Crippen LogP contribution in [0.1, 0.15) is 30.0 Å². The molecule has 0 fully saturated rings. The van der Waals surface area contributed by atoms with Gasteiger partial charge in [0.1, 0.15) is 11.6 Å². The summed E-state index contributed by atoms with van der Waals surface area (Å²) in [5, 5.41) is 5.92. The van der Waals surface area contributed by atoms with Crippen LogP contribution < -0.4 is 15.4 Å². The van der Waals surface area contributed by atoms with E-state index in [0.717, 1.165) is 23.4 Å². The molecule has 1 amide bonds. The van der Waals surface area contributed by atoms with Gasteiger partial charge in [0.15, 0.2) is 0 Å². The van der Waals surface area contributed by atoms with E-state index in [-0.39, 0.29) is 17.4 Å². The third kappa shape index (κ3) is 4.37. The van der Waals surface area contributed by atoms with Gasteiger partial charge in [-0.15, -0.1) is 0 Å². The summed E-state index contributed by atoms with van der Waals surface area (Å²) in [4.78, 5) is 12.2. The fraction of sp³-hybridized carbons (Fsp3) is 0.350. The van der Waals surface area contributed by atoms with Gasteiger partial charge in [0.05, 0.1) is 12.3 Å². The highest BCUT2D eigenvalue weighted by molar-refractivity contribution is 5.91. The molecule has 4 nitrogen and oxygen atoms in total. The van der Waals surface area contributed by atoms with Crippen molar-refractivity contribution in [2.24, 2.45) is 0 Å². The number of rotatable bonds is 6. The molecule has 1 heterocycles. The number of anilines is 1. The zero-order valence-electron chi connectivity index (χ0n) is 14.4. The van der Waals surface area contributed by atoms with Gasteiger partial charge in [-0.3, -0.25) is 4.79 Å². The molecule has 25 heavy (non-hydrogen) atoms. The smallest absolute Gasteiger partial charge is 0.224 e. The highest BCUT2D eigenvalue weighted by atomic mass is 19.1. The van der Waals surface area contributed by atoms with Crippen molar-refractivity contribution >= 4 is 11.6 Å². The van der Waals surface area contributed by atoms with Crippen LogP contribution in [-0.2, 0) is 24.2 Å². The molecular formula is C20H23FN2O2. The van der Waals surface area contributed by atoms with Crippen LogP contribution in [0.3, 0.4) is 0 Å². The summed E-state index contributed by atoms with van der Waals surface area (Å²) in [5.41, 5.74) is 3.01. The Labute approximate surface area is 147 Å². The van der Waals surface area contributed by atoms with Crippen molar-refractivity contribution < 1.29 is 13.9 Å². The molecule has 0 saturated heterocycles. The van der Waals surface area contributed by atoms with E-state index in [2.05, 4.69) is 10.6 Å². The third-order valence-corrected chi connectivity index (χ3v) is 4.36. The summed E-state index contributed by atoms with van der Waals surface area (Å²) in [6.07, 6.45) is 1.57. The van der Waals surface area contributed by atoms with Crippen molar-refractivity contribution in [1.29, 1.82) is 0 Å². The lowest BCUT2D eigenvalue weighted by atomic mass is 9.99. The first-order valence-corrected chi connectivity index (χ1v) is 8.70. The highest BCUT2D eigenvalue weighted by Gasteiger charge is 2.17. The molecule has 0 aliphatic carbocycles. The minimum Gasteiger partial charge on any atom is -0.494 e. The van der Waals surface area contributed by atoms with Crippen LogP contribution >= 0.6 is 0 Å². The van der Waals surface area contributed by atoms with Crippen LogP contribution in [0.5, 0.6) is 5.75 Å². The molecule has 0 bridgehead atoms. The summed E-state index contributed by atoms with van der Waals surface area (Å²) >= 11 is 0. The molecular weight excluding hydrogens is 319 g/mol. The number of hydrogen-bond acceptors (Lipinski definition) is 3. The van der Waals surface area contributed by atoms with Crippen molar-refractivity contribution in [2.75, 3.05) is 18.5 Å². The van der Waals surface area contributed by atoms with Crippen LogP contribution in [0.15, 0.2) is 36.4 Å². The van der Waals surface area contributed by atoms with Crippen LogP contribution in [0.25, 0.3) is 0 Å². The molecule has 0 saturated carbocycles. The molecule has 0 aromatic heterocycles. The van der Waals surface area contributed by atoms with Crippen molar-refractivity contribution in [3.05, 3.63) is 58.9 Å². The van der Waals surface area contributed by atoms with E-state index in [0.29, 0.717) is 38.0 Å². The average molecular weight is 342 g/mol. The Bertz CT molecular complexity index is 744. The van der Waals surface area contributed by atoms with Crippen LogP contribution in [0.2, 0.25) is 0 Å². The fourth-order valence-electron chi connectivity index (χ4n) is 3.02. The molecule has 2 aromatic carbocycles. The van der Waals surface area contributed by atoms with Crippen molar-refractivity contribution in [2.45, 2.75) is 32.7 Å². The average Bonchev–Trinajstić information content (AvgIpc) is 2.64. The molecule has 0 radical (unpaired) electrons. The monoisotopic (exact) mass is 342 g/mol. The lowest BCUT2D eigenvalue weighted by Gasteiger charge is -2.19. The van der Waals surface area contributed by atoms with Gasteiger partial charge >= 0.3 is 0 Å². The second-order valence-electron chi connectivity index (χ2n) is 6.12. The maximum absolute atomic E-state index is 14.5. The Hall–Kier alpha value is -2.40. The zero-order valence-corrected chi connectivity index (χ0v) is 14.4. The molecule has 2 N–H and O–H groups in total. The van der Waals surface area contributed by atoms with E-state index in [1.54, 1.807) is 6.07 Å². The van der Waals surface area contributed by atoms with E-state index in [1.165, 1.54) is 0 Å². The van der Waals surface area contributed by atoms with E-state index < -0.39 is 0 Å². The van der Waals surface area contributed by atoms with Crippen LogP contribution in [0, 0.1) is 5.82 Å². The maximum atomic E-state index is 14.5. The number of carbonyl (C=O) groups excluding carboxylic acids is 1. The zero-order chi connectivity index (χ0) is 17.6. The first-order valence-electron chi connectivity index (χ1n) is 8.70. The van der Waals surface area contributed by atoms with E-state index in [1.807, 2.05) is 37.3 Å². The van der Waals surface area contributed by atoms with E-state index in [9.17, 15) is 9.18 Å². The number of ether oxygens (including phenoxy) is 1. The largest absolute Gasteiger partial charge is 0.494 e. The van der Waals surface area contributed by atoms with Gasteiger partial charge in [-0.2, -0.15) is 0 Å². The first kappa shape index (κ1) is 17.4. The summed E-state index contributed by atoms with van der Waals surface area (Å²) in [6.45, 7) is 4.01. The number of aryl methyl sites for hydroxylation is 1. The van der Waals surface area contributed by atoms with E-state index in [4.69, 9.17) is 4.74 Å². The van der Waals surface area contributed by atoms with Crippen LogP contribution in [0.4, 0.5) is 10.1 Å². The second-order valence-corrected chi connectivity index (χ2v) is 6.12. The Morgan fingerprint density at radius 2 is 2.04 bits per heavy atom. The molecule has 1 aliphatic heterocycles. The minimum absolute atomic E-state index is 0.179. The number of nitrogens with one attached hydrogen (secondary N) is 2. The Balaban J connectivity index is 1.57. The van der Waals surface area contributed by atoms with Gasteiger partial charge in [-0.1, -0.05) is 18.2 Å². The van der Waals surface area contributed by atoms with Gasteiger partial charge in [0.25, 0.3) is 0 Å². The Morgan fingerprint density at radius 1 is 1.24 bits per heavy atom. The summed E-state index contributed by atoms with van der Waals surface area (Å²) < 4.78 is 19.9. The van der Waals surface area contributed by atoms with Crippen molar-refractivity contribution in [1.82, 2.24) is 5.32 Å². The van der Waals surface area contributed by atoms with Gasteiger partial charge in [0, 0.05) is 13.0 Å². The number of benzene rings is 2. The molecule has 0 unspecified atom stereocenters. The topological polar surface area (TPSA) is 50.4 Å². The molecule has 3 rings (SSSR count). The third-order valence-electron chi connectivity index (χ3n) is 4.36. The summed E-state index contributed by atoms with van der Waals surface area (Å²) in [7, 11) is 0. The molecule has 2 aromatic rings. The van der Waals surface area contributed by atoms with Crippen molar-refractivity contribution in [3.8, 4) is 5.75 Å². The quantitative estimate of drug-likeness (QED) is 0.845. The summed E-state index contributed by atoms with van der Waals surface area (Å²) in [5.74, 6) is 0.344. The molecule has 132 valence electrons. The summed E-state index contributed by atoms with van der Waals surface area (Å²) in [6, 6.07) is 11.2. The van der Waals surface area contributed by atoms with Crippen LogP contribution in [-0.4, -0.2) is 19.1 Å². The number of halogens is 1. The predicted octanol–water partition coefficient (Wildman–Crippen LogP) is 3.44. The molecule has 5 heteroatoms. The second kappa shape index (κ2) is 8.12. The molecule has 0 atom stereocenters. The van der Waals surface area contributed by atoms with Gasteiger partial charge in [0.2, 0.25) is 5.91 Å². The Kier molecular flexibility index (Phi) is 5.66. The maximum Gasteiger partial charge on any atom is 0.224 e. The Morgan fingerprint density at radius 3 is 2.80 bits per heavy atom. The molecule has 0 spiro atoms. The predicted molar refractivity (Wildman–Crippen MR) is 96.4 cm³/mol.